The Labute approximate surface area is 126 Å². The van der Waals surface area contributed by atoms with E-state index in [4.69, 9.17) is 10.5 Å². The fourth-order valence-corrected chi connectivity index (χ4v) is 3.33. The molecule has 96 valence electrons. The summed E-state index contributed by atoms with van der Waals surface area (Å²) >= 11 is 2.36. The summed E-state index contributed by atoms with van der Waals surface area (Å²) in [7, 11) is 1.72. The Morgan fingerprint density at radius 2 is 2.05 bits per heavy atom. The van der Waals surface area contributed by atoms with Crippen molar-refractivity contribution < 1.29 is 4.74 Å². The van der Waals surface area contributed by atoms with E-state index in [1.54, 1.807) is 7.11 Å². The number of fused-ring (bicyclic) bond motifs is 1. The highest BCUT2D eigenvalue weighted by atomic mass is 127. The molecular weight excluding hydrogens is 349 g/mol. The fraction of sp³-hybridized carbons (Fsp3) is 0.125. The number of nitrogens with two attached hydrogens (primary N) is 1. The molecule has 2 N–H and O–H groups in total. The Hall–Kier alpha value is -1.49. The van der Waals surface area contributed by atoms with Gasteiger partial charge in [0.1, 0.15) is 5.75 Å². The van der Waals surface area contributed by atoms with Crippen molar-refractivity contribution >= 4 is 39.9 Å². The molecule has 1 aliphatic carbocycles. The summed E-state index contributed by atoms with van der Waals surface area (Å²) in [5.41, 5.74) is 11.7. The van der Waals surface area contributed by atoms with E-state index in [1.807, 2.05) is 18.2 Å². The lowest BCUT2D eigenvalue weighted by atomic mass is 10.0. The second kappa shape index (κ2) is 4.89. The highest BCUT2D eigenvalue weighted by Crippen LogP contribution is 2.38. The minimum absolute atomic E-state index is 0.822. The van der Waals surface area contributed by atoms with Gasteiger partial charge in [-0.3, -0.25) is 0 Å². The monoisotopic (exact) mass is 363 g/mol. The van der Waals surface area contributed by atoms with E-state index in [2.05, 4.69) is 46.9 Å². The van der Waals surface area contributed by atoms with Crippen molar-refractivity contribution in [1.29, 1.82) is 0 Å². The van der Waals surface area contributed by atoms with Gasteiger partial charge in [-0.2, -0.15) is 0 Å². The molecule has 0 saturated heterocycles. The summed E-state index contributed by atoms with van der Waals surface area (Å²) in [5.74, 6) is 0.930. The normalized spacial score (nSPS) is 13.1. The number of methoxy groups -OCH3 is 1. The Morgan fingerprint density at radius 1 is 1.21 bits per heavy atom. The van der Waals surface area contributed by atoms with Crippen LogP contribution in [0.15, 0.2) is 36.4 Å². The second-order valence-electron chi connectivity index (χ2n) is 4.62. The van der Waals surface area contributed by atoms with Gasteiger partial charge in [0.25, 0.3) is 0 Å². The lowest BCUT2D eigenvalue weighted by Crippen LogP contribution is -1.95. The number of nitrogen functional groups attached to an aromatic ring is 1. The summed E-state index contributed by atoms with van der Waals surface area (Å²) < 4.78 is 6.70. The zero-order valence-electron chi connectivity index (χ0n) is 10.6. The van der Waals surface area contributed by atoms with Crippen LogP contribution in [0.3, 0.4) is 0 Å². The van der Waals surface area contributed by atoms with Crippen molar-refractivity contribution in [1.82, 2.24) is 0 Å². The van der Waals surface area contributed by atoms with Crippen LogP contribution in [0.4, 0.5) is 5.69 Å². The standard InChI is InChI=1S/C16H14INO/c1-19-15-4-2-3-14(17)16(15)12-7-10-5-6-13(18)9-11(10)8-12/h2-7,9H,8,18H2,1H3. The highest BCUT2D eigenvalue weighted by molar-refractivity contribution is 14.1. The van der Waals surface area contributed by atoms with E-state index in [9.17, 15) is 0 Å². The fourth-order valence-electron chi connectivity index (χ4n) is 2.51. The molecule has 0 amide bonds. The Balaban J connectivity index is 2.08. The van der Waals surface area contributed by atoms with Gasteiger partial charge in [-0.05, 0) is 70.0 Å². The first-order chi connectivity index (χ1) is 9.19. The van der Waals surface area contributed by atoms with Gasteiger partial charge in [-0.25, -0.2) is 0 Å². The number of anilines is 1. The molecule has 0 aliphatic heterocycles. The van der Waals surface area contributed by atoms with Gasteiger partial charge in [0.15, 0.2) is 0 Å². The summed E-state index contributed by atoms with van der Waals surface area (Å²) in [6.45, 7) is 0. The first-order valence-corrected chi connectivity index (χ1v) is 7.19. The van der Waals surface area contributed by atoms with Crippen molar-refractivity contribution in [2.45, 2.75) is 6.42 Å². The first kappa shape index (κ1) is 12.5. The van der Waals surface area contributed by atoms with E-state index in [0.29, 0.717) is 0 Å². The number of ether oxygens (including phenoxy) is 1. The summed E-state index contributed by atoms with van der Waals surface area (Å²) in [6.07, 6.45) is 3.14. The van der Waals surface area contributed by atoms with E-state index >= 15 is 0 Å². The molecule has 0 saturated carbocycles. The molecule has 0 radical (unpaired) electrons. The maximum atomic E-state index is 5.85. The van der Waals surface area contributed by atoms with Gasteiger partial charge in [0.2, 0.25) is 0 Å². The molecule has 3 heteroatoms. The number of halogens is 1. The number of rotatable bonds is 2. The van der Waals surface area contributed by atoms with Gasteiger partial charge in [0.05, 0.1) is 7.11 Å². The number of hydrogen-bond donors (Lipinski definition) is 1. The minimum atomic E-state index is 0.822. The smallest absolute Gasteiger partial charge is 0.127 e. The van der Waals surface area contributed by atoms with Gasteiger partial charge < -0.3 is 10.5 Å². The molecule has 0 aromatic heterocycles. The van der Waals surface area contributed by atoms with Crippen LogP contribution >= 0.6 is 22.6 Å². The predicted molar refractivity (Wildman–Crippen MR) is 88.1 cm³/mol. The molecule has 2 aromatic carbocycles. The van der Waals surface area contributed by atoms with Crippen molar-refractivity contribution in [3.63, 3.8) is 0 Å². The maximum Gasteiger partial charge on any atom is 0.127 e. The lowest BCUT2D eigenvalue weighted by Gasteiger charge is -2.11. The average Bonchev–Trinajstić information content (AvgIpc) is 2.80. The van der Waals surface area contributed by atoms with E-state index < -0.39 is 0 Å². The summed E-state index contributed by atoms with van der Waals surface area (Å²) in [5, 5.41) is 0. The third-order valence-electron chi connectivity index (χ3n) is 3.39. The molecule has 0 fully saturated rings. The molecule has 2 nitrogen and oxygen atoms in total. The molecule has 3 rings (SSSR count). The molecule has 0 bridgehead atoms. The highest BCUT2D eigenvalue weighted by Gasteiger charge is 2.19. The first-order valence-electron chi connectivity index (χ1n) is 6.11. The number of allylic oxidation sites excluding steroid dienone is 1. The molecule has 19 heavy (non-hydrogen) atoms. The van der Waals surface area contributed by atoms with Crippen molar-refractivity contribution in [2.24, 2.45) is 0 Å². The van der Waals surface area contributed by atoms with Crippen LogP contribution in [-0.4, -0.2) is 7.11 Å². The quantitative estimate of drug-likeness (QED) is 0.647. The SMILES string of the molecule is COc1cccc(I)c1C1=Cc2ccc(N)cc2C1. The molecular formula is C16H14INO. The van der Waals surface area contributed by atoms with Crippen LogP contribution in [0, 0.1) is 3.57 Å². The lowest BCUT2D eigenvalue weighted by molar-refractivity contribution is 0.413. The second-order valence-corrected chi connectivity index (χ2v) is 5.78. The third kappa shape index (κ3) is 2.23. The third-order valence-corrected chi connectivity index (χ3v) is 4.29. The number of hydrogen-bond acceptors (Lipinski definition) is 2. The molecule has 0 unspecified atom stereocenters. The van der Waals surface area contributed by atoms with Crippen LogP contribution in [0.5, 0.6) is 5.75 Å². The summed E-state index contributed by atoms with van der Waals surface area (Å²) in [6, 6.07) is 12.2. The molecule has 0 atom stereocenters. The molecule has 1 aliphatic rings. The van der Waals surface area contributed by atoms with Crippen molar-refractivity contribution in [3.05, 3.63) is 56.7 Å². The largest absolute Gasteiger partial charge is 0.496 e. The Bertz CT molecular complexity index is 676. The Kier molecular flexibility index (Phi) is 3.22. The average molecular weight is 363 g/mol. The Morgan fingerprint density at radius 3 is 2.84 bits per heavy atom. The molecule has 2 aromatic rings. The zero-order valence-corrected chi connectivity index (χ0v) is 12.8. The van der Waals surface area contributed by atoms with E-state index in [-0.39, 0.29) is 0 Å². The van der Waals surface area contributed by atoms with Gasteiger partial charge in [-0.15, -0.1) is 0 Å². The van der Waals surface area contributed by atoms with Gasteiger partial charge >= 0.3 is 0 Å². The van der Waals surface area contributed by atoms with Crippen LogP contribution in [0.25, 0.3) is 11.6 Å². The van der Waals surface area contributed by atoms with E-state index in [0.717, 1.165) is 17.9 Å². The maximum absolute atomic E-state index is 5.85. The molecule has 0 heterocycles. The van der Waals surface area contributed by atoms with Crippen LogP contribution < -0.4 is 10.5 Å². The van der Waals surface area contributed by atoms with Gasteiger partial charge in [0, 0.05) is 14.8 Å². The van der Waals surface area contributed by atoms with Crippen LogP contribution in [0.1, 0.15) is 16.7 Å². The molecule has 0 spiro atoms. The minimum Gasteiger partial charge on any atom is -0.496 e. The van der Waals surface area contributed by atoms with Crippen molar-refractivity contribution in [3.8, 4) is 5.75 Å². The van der Waals surface area contributed by atoms with Gasteiger partial charge in [-0.1, -0.05) is 18.2 Å². The predicted octanol–water partition coefficient (Wildman–Crippen LogP) is 3.98. The zero-order chi connectivity index (χ0) is 13.4. The van der Waals surface area contributed by atoms with E-state index in [1.165, 1.54) is 25.8 Å². The topological polar surface area (TPSA) is 35.2 Å². The van der Waals surface area contributed by atoms with Crippen molar-refractivity contribution in [2.75, 3.05) is 12.8 Å². The summed E-state index contributed by atoms with van der Waals surface area (Å²) in [4.78, 5) is 0. The van der Waals surface area contributed by atoms with Crippen LogP contribution in [-0.2, 0) is 6.42 Å². The van der Waals surface area contributed by atoms with Crippen LogP contribution in [0.2, 0.25) is 0 Å². The number of benzene rings is 2.